The summed E-state index contributed by atoms with van der Waals surface area (Å²) in [5, 5.41) is 5.39. The highest BCUT2D eigenvalue weighted by Crippen LogP contribution is 2.48. The molecule has 5 aromatic carbocycles. The molecule has 0 bridgehead atoms. The van der Waals surface area contributed by atoms with Gasteiger partial charge in [-0.2, -0.15) is 0 Å². The van der Waals surface area contributed by atoms with Crippen molar-refractivity contribution >= 4 is 80.3 Å². The van der Waals surface area contributed by atoms with Crippen LogP contribution in [-0.2, 0) is 9.59 Å². The van der Waals surface area contributed by atoms with Crippen LogP contribution in [0.3, 0.4) is 0 Å². The highest BCUT2D eigenvalue weighted by atomic mass is 79.9. The molecule has 1 heterocycles. The third-order valence-electron chi connectivity index (χ3n) is 6.94. The van der Waals surface area contributed by atoms with Crippen molar-refractivity contribution in [3.05, 3.63) is 148 Å². The summed E-state index contributed by atoms with van der Waals surface area (Å²) in [4.78, 5) is 44.5. The first-order valence-corrected chi connectivity index (χ1v) is 16.7. The Morgan fingerprint density at radius 3 is 2.11 bits per heavy atom. The smallest absolute Gasteiger partial charge is 0.272 e. The largest absolute Gasteiger partial charge is 0.321 e. The van der Waals surface area contributed by atoms with Gasteiger partial charge in [-0.25, -0.2) is 4.39 Å². The lowest BCUT2D eigenvalue weighted by Crippen LogP contribution is -2.30. The Bertz CT molecular complexity index is 1920. The summed E-state index contributed by atoms with van der Waals surface area (Å²) in [5.74, 6) is -1.53. The molecule has 0 radical (unpaired) electrons. The molecule has 1 aliphatic rings. The van der Waals surface area contributed by atoms with Gasteiger partial charge in [-0.1, -0.05) is 70.2 Å². The van der Waals surface area contributed by atoms with Crippen LogP contribution in [0.1, 0.15) is 15.9 Å². The fourth-order valence-corrected chi connectivity index (χ4v) is 6.92. The molecule has 10 heteroatoms. The maximum atomic E-state index is 14.6. The van der Waals surface area contributed by atoms with Gasteiger partial charge in [-0.15, -0.1) is 11.8 Å². The number of nitrogens with zero attached hydrogens (tertiary/aromatic N) is 1. The van der Waals surface area contributed by atoms with Crippen LogP contribution >= 0.6 is 39.5 Å². The van der Waals surface area contributed by atoms with Gasteiger partial charge in [0.1, 0.15) is 11.5 Å². The number of para-hydroxylation sites is 2. The van der Waals surface area contributed by atoms with Crippen LogP contribution in [0.4, 0.5) is 21.5 Å². The van der Waals surface area contributed by atoms with E-state index in [1.807, 2.05) is 48.5 Å². The van der Waals surface area contributed by atoms with Crippen molar-refractivity contribution in [2.24, 2.45) is 0 Å². The molecular formula is C36H25BrFN3O3S2. The molecule has 0 unspecified atom stereocenters. The molecule has 2 N–H and O–H groups in total. The minimum absolute atomic E-state index is 0.0497. The molecule has 0 aliphatic carbocycles. The van der Waals surface area contributed by atoms with Crippen LogP contribution in [0.2, 0.25) is 0 Å². The minimum Gasteiger partial charge on any atom is -0.321 e. The minimum atomic E-state index is -0.625. The van der Waals surface area contributed by atoms with Crippen molar-refractivity contribution < 1.29 is 18.8 Å². The summed E-state index contributed by atoms with van der Waals surface area (Å²) in [6.45, 7) is 0. The topological polar surface area (TPSA) is 78.5 Å². The lowest BCUT2D eigenvalue weighted by atomic mass is 10.1. The summed E-state index contributed by atoms with van der Waals surface area (Å²) >= 11 is 6.36. The van der Waals surface area contributed by atoms with Crippen molar-refractivity contribution in [3.8, 4) is 0 Å². The van der Waals surface area contributed by atoms with Crippen molar-refractivity contribution in [2.75, 3.05) is 16.0 Å². The molecule has 6 nitrogen and oxygen atoms in total. The first kappa shape index (κ1) is 31.3. The maximum absolute atomic E-state index is 14.6. The van der Waals surface area contributed by atoms with E-state index >= 15 is 0 Å². The second-order valence-electron chi connectivity index (χ2n) is 10.1. The van der Waals surface area contributed by atoms with E-state index in [0.717, 1.165) is 26.1 Å². The molecular weight excluding hydrogens is 685 g/mol. The summed E-state index contributed by atoms with van der Waals surface area (Å²) in [6.07, 6.45) is 1.29. The van der Waals surface area contributed by atoms with Gasteiger partial charge < -0.3 is 10.6 Å². The second-order valence-corrected chi connectivity index (χ2v) is 13.1. The monoisotopic (exact) mass is 709 g/mol. The number of anilines is 3. The third-order valence-corrected chi connectivity index (χ3v) is 9.56. The van der Waals surface area contributed by atoms with E-state index in [9.17, 15) is 18.8 Å². The van der Waals surface area contributed by atoms with E-state index in [-0.39, 0.29) is 22.9 Å². The van der Waals surface area contributed by atoms with Crippen LogP contribution < -0.4 is 15.5 Å². The van der Waals surface area contributed by atoms with Gasteiger partial charge in [0.25, 0.3) is 11.8 Å². The summed E-state index contributed by atoms with van der Waals surface area (Å²) in [6, 6.07) is 35.5. The van der Waals surface area contributed by atoms with Crippen molar-refractivity contribution in [1.29, 1.82) is 0 Å². The Labute approximate surface area is 282 Å². The van der Waals surface area contributed by atoms with E-state index in [2.05, 4.69) is 26.6 Å². The van der Waals surface area contributed by atoms with Gasteiger partial charge in [-0.05, 0) is 84.9 Å². The number of halogens is 2. The number of hydrogen-bond donors (Lipinski definition) is 2. The average molecular weight is 711 g/mol. The molecule has 0 saturated carbocycles. The zero-order valence-corrected chi connectivity index (χ0v) is 27.3. The van der Waals surface area contributed by atoms with Crippen LogP contribution in [0.5, 0.6) is 0 Å². The Kier molecular flexibility index (Phi) is 9.68. The normalized spacial score (nSPS) is 12.1. The number of rotatable bonds is 8. The third kappa shape index (κ3) is 7.25. The molecule has 0 saturated heterocycles. The molecule has 228 valence electrons. The summed E-state index contributed by atoms with van der Waals surface area (Å²) in [7, 11) is 0. The number of hydrogen-bond acceptors (Lipinski definition) is 5. The van der Waals surface area contributed by atoms with Crippen molar-refractivity contribution in [2.45, 2.75) is 14.7 Å². The van der Waals surface area contributed by atoms with Crippen molar-refractivity contribution in [3.63, 3.8) is 0 Å². The number of amides is 3. The van der Waals surface area contributed by atoms with E-state index in [0.29, 0.717) is 15.7 Å². The van der Waals surface area contributed by atoms with Crippen LogP contribution in [0.25, 0.3) is 6.08 Å². The maximum Gasteiger partial charge on any atom is 0.272 e. The SMILES string of the molecule is O=C(Nc1ccc(SCC(=O)N2c3ccccc3Sc3ccccc32)cc1)C(=Cc1cc(Br)ccc1F)NC(=O)c1ccccc1. The number of thioether (sulfide) groups is 1. The second kappa shape index (κ2) is 14.2. The zero-order chi connectivity index (χ0) is 32.0. The molecule has 46 heavy (non-hydrogen) atoms. The lowest BCUT2D eigenvalue weighted by molar-refractivity contribution is -0.115. The molecule has 3 amide bonds. The Balaban J connectivity index is 1.15. The molecule has 0 aromatic heterocycles. The van der Waals surface area contributed by atoms with Gasteiger partial charge in [0.2, 0.25) is 5.91 Å². The highest BCUT2D eigenvalue weighted by molar-refractivity contribution is 9.10. The molecule has 1 aliphatic heterocycles. The first-order chi connectivity index (χ1) is 22.4. The first-order valence-electron chi connectivity index (χ1n) is 14.1. The molecule has 0 atom stereocenters. The Hall–Kier alpha value is -4.64. The number of benzene rings is 5. The van der Waals surface area contributed by atoms with Crippen LogP contribution in [0, 0.1) is 5.82 Å². The van der Waals surface area contributed by atoms with E-state index in [1.165, 1.54) is 30.0 Å². The quantitative estimate of drug-likeness (QED) is 0.124. The fraction of sp³-hybridized carbons (Fsp3) is 0.0278. The Morgan fingerprint density at radius 1 is 0.804 bits per heavy atom. The lowest BCUT2D eigenvalue weighted by Gasteiger charge is -2.31. The molecule has 5 aromatic rings. The summed E-state index contributed by atoms with van der Waals surface area (Å²) < 4.78 is 15.2. The molecule has 6 rings (SSSR count). The number of nitrogens with one attached hydrogen (secondary N) is 2. The fourth-order valence-electron chi connectivity index (χ4n) is 4.74. The summed E-state index contributed by atoms with van der Waals surface area (Å²) in [5.41, 5.74) is 2.53. The van der Waals surface area contributed by atoms with E-state index < -0.39 is 17.6 Å². The van der Waals surface area contributed by atoms with Gasteiger partial charge in [-0.3, -0.25) is 19.3 Å². The highest BCUT2D eigenvalue weighted by Gasteiger charge is 2.27. The molecule has 0 fully saturated rings. The van der Waals surface area contributed by atoms with Crippen molar-refractivity contribution in [1.82, 2.24) is 5.32 Å². The van der Waals surface area contributed by atoms with Gasteiger partial charge >= 0.3 is 0 Å². The molecule has 0 spiro atoms. The van der Waals surface area contributed by atoms with Gasteiger partial charge in [0.15, 0.2) is 0 Å². The standard InChI is InChI=1S/C36H25BrFN3O3S2/c37-25-14-19-28(38)24(20-25)21-29(40-35(43)23-8-2-1-3-9-23)36(44)39-26-15-17-27(18-16-26)45-22-34(42)41-30-10-4-6-12-32(30)46-33-13-7-5-11-31(33)41/h1-21H,22H2,(H,39,44)(H,40,43). The number of carbonyl (C=O) groups excluding carboxylic acids is 3. The van der Waals surface area contributed by atoms with Gasteiger partial charge in [0.05, 0.1) is 17.1 Å². The predicted molar refractivity (Wildman–Crippen MR) is 186 cm³/mol. The number of fused-ring (bicyclic) bond motifs is 2. The van der Waals surface area contributed by atoms with Gasteiger partial charge in [0, 0.05) is 36.0 Å². The van der Waals surface area contributed by atoms with Crippen LogP contribution in [-0.4, -0.2) is 23.5 Å². The van der Waals surface area contributed by atoms with Crippen LogP contribution in [0.15, 0.2) is 146 Å². The van der Waals surface area contributed by atoms with E-state index in [1.54, 1.807) is 77.3 Å². The average Bonchev–Trinajstić information content (AvgIpc) is 3.08. The predicted octanol–water partition coefficient (Wildman–Crippen LogP) is 8.92. The van der Waals surface area contributed by atoms with E-state index in [4.69, 9.17) is 0 Å². The zero-order valence-electron chi connectivity index (χ0n) is 24.1. The Morgan fingerprint density at radius 2 is 1.43 bits per heavy atom. The number of carbonyl (C=O) groups is 3.